The summed E-state index contributed by atoms with van der Waals surface area (Å²) in [6.07, 6.45) is 3.00. The van der Waals surface area contributed by atoms with E-state index in [0.717, 1.165) is 5.56 Å². The van der Waals surface area contributed by atoms with E-state index in [2.05, 4.69) is 22.1 Å². The highest BCUT2D eigenvalue weighted by atomic mass is 16.5. The number of imidazole rings is 1. The van der Waals surface area contributed by atoms with Crippen molar-refractivity contribution < 1.29 is 9.53 Å². The Bertz CT molecular complexity index is 623. The van der Waals surface area contributed by atoms with E-state index in [1.54, 1.807) is 10.8 Å². The van der Waals surface area contributed by atoms with Gasteiger partial charge in [-0.25, -0.2) is 9.78 Å². The van der Waals surface area contributed by atoms with Crippen LogP contribution in [0.5, 0.6) is 0 Å². The van der Waals surface area contributed by atoms with E-state index in [-0.39, 0.29) is 13.2 Å². The SMILES string of the molecule is Cn1ccnc1C#CCNC(=O)OCc1ccccc1. The van der Waals surface area contributed by atoms with Gasteiger partial charge in [-0.2, -0.15) is 0 Å². The third-order valence-electron chi connectivity index (χ3n) is 2.56. The Labute approximate surface area is 117 Å². The van der Waals surface area contributed by atoms with E-state index in [9.17, 15) is 4.79 Å². The first-order valence-electron chi connectivity index (χ1n) is 6.16. The van der Waals surface area contributed by atoms with E-state index in [1.165, 1.54) is 0 Å². The van der Waals surface area contributed by atoms with Gasteiger partial charge in [0.25, 0.3) is 0 Å². The minimum absolute atomic E-state index is 0.223. The molecule has 0 radical (unpaired) electrons. The number of hydrogen-bond donors (Lipinski definition) is 1. The van der Waals surface area contributed by atoms with Gasteiger partial charge >= 0.3 is 6.09 Å². The molecule has 1 amide bonds. The van der Waals surface area contributed by atoms with Crippen molar-refractivity contribution in [2.75, 3.05) is 6.54 Å². The summed E-state index contributed by atoms with van der Waals surface area (Å²) in [6.45, 7) is 0.472. The minimum atomic E-state index is -0.483. The van der Waals surface area contributed by atoms with Crippen molar-refractivity contribution >= 4 is 6.09 Å². The predicted molar refractivity (Wildman–Crippen MR) is 74.7 cm³/mol. The summed E-state index contributed by atoms with van der Waals surface area (Å²) in [5, 5.41) is 2.56. The molecule has 2 aromatic rings. The summed E-state index contributed by atoms with van der Waals surface area (Å²) in [4.78, 5) is 15.5. The molecule has 20 heavy (non-hydrogen) atoms. The van der Waals surface area contributed by atoms with Crippen molar-refractivity contribution in [1.82, 2.24) is 14.9 Å². The number of nitrogens with zero attached hydrogens (tertiary/aromatic N) is 2. The molecule has 0 saturated carbocycles. The maximum atomic E-state index is 11.4. The number of nitrogens with one attached hydrogen (secondary N) is 1. The zero-order valence-electron chi connectivity index (χ0n) is 11.2. The molecule has 0 saturated heterocycles. The largest absolute Gasteiger partial charge is 0.445 e. The lowest BCUT2D eigenvalue weighted by Gasteiger charge is -2.04. The van der Waals surface area contributed by atoms with Crippen LogP contribution in [0.25, 0.3) is 0 Å². The van der Waals surface area contributed by atoms with Crippen LogP contribution in [0, 0.1) is 11.8 Å². The highest BCUT2D eigenvalue weighted by Gasteiger charge is 2.00. The summed E-state index contributed by atoms with van der Waals surface area (Å²) in [7, 11) is 1.86. The van der Waals surface area contributed by atoms with Crippen molar-refractivity contribution in [3.05, 3.63) is 54.1 Å². The number of alkyl carbamates (subject to hydrolysis) is 1. The molecule has 1 aromatic heterocycles. The third kappa shape index (κ3) is 4.18. The number of carbonyl (C=O) groups is 1. The van der Waals surface area contributed by atoms with Crippen molar-refractivity contribution in [3.63, 3.8) is 0 Å². The zero-order valence-corrected chi connectivity index (χ0v) is 11.2. The van der Waals surface area contributed by atoms with Crippen molar-refractivity contribution in [1.29, 1.82) is 0 Å². The van der Waals surface area contributed by atoms with Gasteiger partial charge in [0, 0.05) is 19.4 Å². The molecule has 1 N–H and O–H groups in total. The molecule has 1 aromatic carbocycles. The van der Waals surface area contributed by atoms with Crippen LogP contribution < -0.4 is 5.32 Å². The second-order valence-corrected chi connectivity index (χ2v) is 4.08. The van der Waals surface area contributed by atoms with Crippen LogP contribution in [0.15, 0.2) is 42.7 Å². The molecule has 2 rings (SSSR count). The fraction of sp³-hybridized carbons (Fsp3) is 0.200. The Morgan fingerprint density at radius 1 is 1.40 bits per heavy atom. The Hall–Kier alpha value is -2.74. The molecule has 5 heteroatoms. The molecule has 0 aliphatic rings. The number of benzene rings is 1. The molecule has 0 bridgehead atoms. The molecule has 0 fully saturated rings. The number of hydrogen-bond acceptors (Lipinski definition) is 3. The van der Waals surface area contributed by atoms with Crippen LogP contribution in [-0.2, 0) is 18.4 Å². The lowest BCUT2D eigenvalue weighted by Crippen LogP contribution is -2.24. The predicted octanol–water partition coefficient (Wildman–Crippen LogP) is 1.70. The van der Waals surface area contributed by atoms with Gasteiger partial charge < -0.3 is 14.6 Å². The average Bonchev–Trinajstić information content (AvgIpc) is 2.88. The first kappa shape index (κ1) is 13.7. The van der Waals surface area contributed by atoms with Gasteiger partial charge in [-0.1, -0.05) is 36.3 Å². The van der Waals surface area contributed by atoms with Gasteiger partial charge in [0.2, 0.25) is 0 Å². The first-order chi connectivity index (χ1) is 9.75. The summed E-state index contributed by atoms with van der Waals surface area (Å²) < 4.78 is 6.86. The maximum absolute atomic E-state index is 11.4. The minimum Gasteiger partial charge on any atom is -0.445 e. The van der Waals surface area contributed by atoms with Crippen LogP contribution in [0.2, 0.25) is 0 Å². The first-order valence-corrected chi connectivity index (χ1v) is 6.16. The average molecular weight is 269 g/mol. The van der Waals surface area contributed by atoms with E-state index in [4.69, 9.17) is 4.74 Å². The van der Waals surface area contributed by atoms with Crippen LogP contribution in [0.3, 0.4) is 0 Å². The molecular weight excluding hydrogens is 254 g/mol. The molecule has 0 aliphatic heterocycles. The molecule has 0 atom stereocenters. The van der Waals surface area contributed by atoms with Gasteiger partial charge in [-0.15, -0.1) is 0 Å². The van der Waals surface area contributed by atoms with Gasteiger partial charge in [0.15, 0.2) is 5.82 Å². The van der Waals surface area contributed by atoms with Crippen LogP contribution in [0.1, 0.15) is 11.4 Å². The Balaban J connectivity index is 1.71. The van der Waals surface area contributed by atoms with Crippen molar-refractivity contribution in [2.45, 2.75) is 6.61 Å². The summed E-state index contributed by atoms with van der Waals surface area (Å²) in [5.74, 6) is 6.32. The molecule has 5 nitrogen and oxygen atoms in total. The quantitative estimate of drug-likeness (QED) is 0.863. The third-order valence-corrected chi connectivity index (χ3v) is 2.56. The number of rotatable bonds is 3. The van der Waals surface area contributed by atoms with Gasteiger partial charge in [0.1, 0.15) is 6.61 Å². The van der Waals surface area contributed by atoms with E-state index >= 15 is 0 Å². The number of ether oxygens (including phenoxy) is 1. The topological polar surface area (TPSA) is 56.2 Å². The van der Waals surface area contributed by atoms with Gasteiger partial charge in [-0.05, 0) is 11.5 Å². The lowest BCUT2D eigenvalue weighted by atomic mass is 10.2. The number of aryl methyl sites for hydroxylation is 1. The normalized spacial score (nSPS) is 9.45. The molecule has 0 unspecified atom stereocenters. The maximum Gasteiger partial charge on any atom is 0.408 e. The monoisotopic (exact) mass is 269 g/mol. The fourth-order valence-electron chi connectivity index (χ4n) is 1.50. The van der Waals surface area contributed by atoms with E-state index in [1.807, 2.05) is 43.6 Å². The van der Waals surface area contributed by atoms with Crippen LogP contribution in [0.4, 0.5) is 4.79 Å². The fourth-order valence-corrected chi connectivity index (χ4v) is 1.50. The van der Waals surface area contributed by atoms with Gasteiger partial charge in [0.05, 0.1) is 6.54 Å². The molecule has 0 spiro atoms. The van der Waals surface area contributed by atoms with Crippen molar-refractivity contribution in [2.24, 2.45) is 7.05 Å². The molecule has 1 heterocycles. The second kappa shape index (κ2) is 7.00. The Morgan fingerprint density at radius 3 is 2.90 bits per heavy atom. The summed E-state index contributed by atoms with van der Waals surface area (Å²) >= 11 is 0. The van der Waals surface area contributed by atoms with E-state index in [0.29, 0.717) is 5.82 Å². The van der Waals surface area contributed by atoms with Crippen LogP contribution in [-0.4, -0.2) is 22.2 Å². The Kier molecular flexibility index (Phi) is 4.79. The molecule has 0 aliphatic carbocycles. The molecule has 102 valence electrons. The second-order valence-electron chi connectivity index (χ2n) is 4.08. The van der Waals surface area contributed by atoms with Crippen molar-refractivity contribution in [3.8, 4) is 11.8 Å². The lowest BCUT2D eigenvalue weighted by molar-refractivity contribution is 0.141. The standard InChI is InChI=1S/C15H15N3O2/c1-18-11-10-16-14(18)8-5-9-17-15(19)20-12-13-6-3-2-4-7-13/h2-4,6-7,10-11H,9,12H2,1H3,(H,17,19). The van der Waals surface area contributed by atoms with Gasteiger partial charge in [-0.3, -0.25) is 0 Å². The zero-order chi connectivity index (χ0) is 14.2. The summed E-state index contributed by atoms with van der Waals surface area (Å²) in [6, 6.07) is 9.50. The summed E-state index contributed by atoms with van der Waals surface area (Å²) in [5.41, 5.74) is 0.946. The molecular formula is C15H15N3O2. The number of carbonyl (C=O) groups excluding carboxylic acids is 1. The van der Waals surface area contributed by atoms with Crippen LogP contribution >= 0.6 is 0 Å². The highest BCUT2D eigenvalue weighted by Crippen LogP contribution is 2.00. The van der Waals surface area contributed by atoms with E-state index < -0.39 is 6.09 Å². The number of aromatic nitrogens is 2. The Morgan fingerprint density at radius 2 is 2.20 bits per heavy atom. The smallest absolute Gasteiger partial charge is 0.408 e. The number of amides is 1. The highest BCUT2D eigenvalue weighted by molar-refractivity contribution is 5.67.